The van der Waals surface area contributed by atoms with Crippen molar-refractivity contribution in [1.82, 2.24) is 14.0 Å². The van der Waals surface area contributed by atoms with E-state index >= 15 is 0 Å². The van der Waals surface area contributed by atoms with Crippen LogP contribution in [0.4, 0.5) is 0 Å². The van der Waals surface area contributed by atoms with E-state index in [9.17, 15) is 4.79 Å². The molecule has 1 aliphatic carbocycles. The molecule has 20 heavy (non-hydrogen) atoms. The molecular formula is C15H15N3OS. The van der Waals surface area contributed by atoms with Gasteiger partial charge in [-0.15, -0.1) is 11.3 Å². The molecular weight excluding hydrogens is 270 g/mol. The van der Waals surface area contributed by atoms with Gasteiger partial charge in [-0.05, 0) is 24.8 Å². The van der Waals surface area contributed by atoms with E-state index in [-0.39, 0.29) is 0 Å². The number of Topliss-reactive ketones (excluding diaryl/α,β-unsaturated/α-hetero) is 1. The van der Waals surface area contributed by atoms with Crippen LogP contribution < -0.4 is 0 Å². The lowest BCUT2D eigenvalue weighted by Crippen LogP contribution is -1.99. The summed E-state index contributed by atoms with van der Waals surface area (Å²) in [5.41, 5.74) is 3.16. The van der Waals surface area contributed by atoms with Gasteiger partial charge in [-0.2, -0.15) is 0 Å². The molecule has 3 aromatic rings. The average Bonchev–Trinajstić information content (AvgIpc) is 3.07. The van der Waals surface area contributed by atoms with Crippen LogP contribution in [0.25, 0.3) is 4.96 Å². The highest BCUT2D eigenvalue weighted by Gasteiger charge is 2.17. The molecule has 0 saturated heterocycles. The molecule has 0 aliphatic heterocycles. The Morgan fingerprint density at radius 2 is 2.10 bits per heavy atom. The fraction of sp³-hybridized carbons (Fsp3) is 0.333. The fourth-order valence-electron chi connectivity index (χ4n) is 2.87. The van der Waals surface area contributed by atoms with E-state index in [0.29, 0.717) is 12.2 Å². The largest absolute Gasteiger partial charge is 0.347 e. The standard InChI is InChI=1S/C15H15N3OS/c19-14-4-2-1-3-11-7-17(10-13(11)14)8-12-9-18-5-6-20-15(18)16-12/h5-7,9-10H,1-4,8H2. The smallest absolute Gasteiger partial charge is 0.193 e. The first-order valence-electron chi connectivity index (χ1n) is 6.92. The van der Waals surface area contributed by atoms with E-state index in [1.54, 1.807) is 11.3 Å². The van der Waals surface area contributed by atoms with Crippen LogP contribution >= 0.6 is 11.3 Å². The summed E-state index contributed by atoms with van der Waals surface area (Å²) < 4.78 is 4.14. The summed E-state index contributed by atoms with van der Waals surface area (Å²) in [6, 6.07) is 0. The maximum absolute atomic E-state index is 12.0. The van der Waals surface area contributed by atoms with E-state index in [1.807, 2.05) is 22.2 Å². The van der Waals surface area contributed by atoms with Crippen molar-refractivity contribution >= 4 is 22.1 Å². The topological polar surface area (TPSA) is 39.3 Å². The molecule has 0 aromatic carbocycles. The summed E-state index contributed by atoms with van der Waals surface area (Å²) in [7, 11) is 0. The van der Waals surface area contributed by atoms with Gasteiger partial charge in [0.1, 0.15) is 0 Å². The number of hydrogen-bond donors (Lipinski definition) is 0. The van der Waals surface area contributed by atoms with Gasteiger partial charge in [-0.25, -0.2) is 4.98 Å². The highest BCUT2D eigenvalue weighted by atomic mass is 32.1. The number of fused-ring (bicyclic) bond motifs is 2. The number of thiazole rings is 1. The third-order valence-corrected chi connectivity index (χ3v) is 4.62. The number of imidazole rings is 1. The molecule has 0 bridgehead atoms. The van der Waals surface area contributed by atoms with E-state index in [4.69, 9.17) is 0 Å². The Balaban J connectivity index is 1.64. The molecule has 0 atom stereocenters. The number of aromatic nitrogens is 3. The number of rotatable bonds is 2. The van der Waals surface area contributed by atoms with Gasteiger partial charge in [0, 0.05) is 42.2 Å². The van der Waals surface area contributed by atoms with E-state index in [2.05, 4.69) is 21.9 Å². The Morgan fingerprint density at radius 1 is 1.20 bits per heavy atom. The molecule has 0 amide bonds. The SMILES string of the molecule is O=C1CCCCc2cn(Cc3cn4ccsc4n3)cc21. The molecule has 0 radical (unpaired) electrons. The molecule has 4 rings (SSSR count). The number of ketones is 1. The Kier molecular flexibility index (Phi) is 2.73. The lowest BCUT2D eigenvalue weighted by Gasteiger charge is -1.99. The van der Waals surface area contributed by atoms with Gasteiger partial charge in [0.15, 0.2) is 10.7 Å². The normalized spacial score (nSPS) is 15.5. The highest BCUT2D eigenvalue weighted by Crippen LogP contribution is 2.22. The number of aryl methyl sites for hydroxylation is 1. The van der Waals surface area contributed by atoms with Gasteiger partial charge in [0.05, 0.1) is 12.2 Å². The molecule has 4 nitrogen and oxygen atoms in total. The van der Waals surface area contributed by atoms with Crippen LogP contribution in [0.1, 0.15) is 40.9 Å². The van der Waals surface area contributed by atoms with Crippen LogP contribution in [0.5, 0.6) is 0 Å². The quantitative estimate of drug-likeness (QED) is 0.678. The molecule has 0 spiro atoms. The minimum Gasteiger partial charge on any atom is -0.347 e. The predicted molar refractivity (Wildman–Crippen MR) is 78.5 cm³/mol. The van der Waals surface area contributed by atoms with Crippen LogP contribution in [-0.2, 0) is 13.0 Å². The Labute approximate surface area is 120 Å². The zero-order valence-electron chi connectivity index (χ0n) is 11.1. The molecule has 102 valence electrons. The van der Waals surface area contributed by atoms with Crippen molar-refractivity contribution in [1.29, 1.82) is 0 Å². The molecule has 0 unspecified atom stereocenters. The second-order valence-corrected chi connectivity index (χ2v) is 6.20. The summed E-state index contributed by atoms with van der Waals surface area (Å²) in [6.45, 7) is 0.731. The lowest BCUT2D eigenvalue weighted by atomic mass is 10.1. The summed E-state index contributed by atoms with van der Waals surface area (Å²) in [5.74, 6) is 0.294. The van der Waals surface area contributed by atoms with E-state index in [1.165, 1.54) is 5.56 Å². The zero-order valence-corrected chi connectivity index (χ0v) is 11.9. The van der Waals surface area contributed by atoms with Gasteiger partial charge in [-0.1, -0.05) is 0 Å². The number of nitrogens with zero attached hydrogens (tertiary/aromatic N) is 3. The van der Waals surface area contributed by atoms with Crippen LogP contribution in [0.15, 0.2) is 30.2 Å². The second kappa shape index (κ2) is 4.59. The van der Waals surface area contributed by atoms with Crippen molar-refractivity contribution in [2.24, 2.45) is 0 Å². The van der Waals surface area contributed by atoms with Crippen LogP contribution in [0.2, 0.25) is 0 Å². The van der Waals surface area contributed by atoms with Crippen molar-refractivity contribution in [2.75, 3.05) is 0 Å². The third-order valence-electron chi connectivity index (χ3n) is 3.85. The van der Waals surface area contributed by atoms with Crippen LogP contribution in [0, 0.1) is 0 Å². The van der Waals surface area contributed by atoms with Gasteiger partial charge in [0.25, 0.3) is 0 Å². The molecule has 3 heterocycles. The van der Waals surface area contributed by atoms with Gasteiger partial charge < -0.3 is 4.57 Å². The zero-order chi connectivity index (χ0) is 13.5. The first-order valence-corrected chi connectivity index (χ1v) is 7.80. The summed E-state index contributed by atoms with van der Waals surface area (Å²) in [6.07, 6.45) is 12.0. The summed E-state index contributed by atoms with van der Waals surface area (Å²) in [5, 5.41) is 2.03. The van der Waals surface area contributed by atoms with Crippen molar-refractivity contribution in [2.45, 2.75) is 32.2 Å². The summed E-state index contributed by atoms with van der Waals surface area (Å²) >= 11 is 1.64. The molecule has 0 fully saturated rings. The number of carbonyl (C=O) groups is 1. The van der Waals surface area contributed by atoms with Crippen molar-refractivity contribution < 1.29 is 4.79 Å². The predicted octanol–water partition coefficient (Wildman–Crippen LogP) is 3.15. The molecule has 3 aromatic heterocycles. The molecule has 0 saturated carbocycles. The summed E-state index contributed by atoms with van der Waals surface area (Å²) in [4.78, 5) is 17.6. The molecule has 1 aliphatic rings. The Morgan fingerprint density at radius 3 is 3.00 bits per heavy atom. The van der Waals surface area contributed by atoms with Gasteiger partial charge in [0.2, 0.25) is 0 Å². The Hall–Kier alpha value is -1.88. The first kappa shape index (κ1) is 11.9. The van der Waals surface area contributed by atoms with E-state index in [0.717, 1.165) is 42.0 Å². The lowest BCUT2D eigenvalue weighted by molar-refractivity contribution is 0.0982. The van der Waals surface area contributed by atoms with Crippen LogP contribution in [0.3, 0.4) is 0 Å². The number of carbonyl (C=O) groups excluding carboxylic acids is 1. The van der Waals surface area contributed by atoms with Crippen molar-refractivity contribution in [3.05, 3.63) is 47.0 Å². The van der Waals surface area contributed by atoms with Gasteiger partial charge in [-0.3, -0.25) is 9.20 Å². The first-order chi connectivity index (χ1) is 9.79. The maximum Gasteiger partial charge on any atom is 0.193 e. The van der Waals surface area contributed by atoms with E-state index < -0.39 is 0 Å². The maximum atomic E-state index is 12.0. The Bertz CT molecular complexity index is 752. The minimum atomic E-state index is 0.294. The van der Waals surface area contributed by atoms with Crippen molar-refractivity contribution in [3.63, 3.8) is 0 Å². The van der Waals surface area contributed by atoms with Crippen LogP contribution in [-0.4, -0.2) is 19.7 Å². The number of hydrogen-bond acceptors (Lipinski definition) is 3. The minimum absolute atomic E-state index is 0.294. The molecule has 0 N–H and O–H groups in total. The highest BCUT2D eigenvalue weighted by molar-refractivity contribution is 7.15. The monoisotopic (exact) mass is 285 g/mol. The second-order valence-electron chi connectivity index (χ2n) is 5.32. The van der Waals surface area contributed by atoms with Crippen molar-refractivity contribution in [3.8, 4) is 0 Å². The average molecular weight is 285 g/mol. The fourth-order valence-corrected chi connectivity index (χ4v) is 3.59. The van der Waals surface area contributed by atoms with Gasteiger partial charge >= 0.3 is 0 Å². The third kappa shape index (κ3) is 1.98. The molecule has 5 heteroatoms.